The Kier molecular flexibility index (Phi) is 6.87. The Morgan fingerprint density at radius 1 is 1.50 bits per heavy atom. The molecule has 30 heavy (non-hydrogen) atoms. The number of benzene rings is 1. The van der Waals surface area contributed by atoms with E-state index in [0.717, 1.165) is 12.4 Å². The molecule has 0 aliphatic carbocycles. The average molecular weight is 436 g/mol. The number of aromatic nitrogens is 1. The number of halogens is 1. The van der Waals surface area contributed by atoms with Gasteiger partial charge in [-0.1, -0.05) is 0 Å². The zero-order valence-electron chi connectivity index (χ0n) is 15.4. The van der Waals surface area contributed by atoms with Crippen LogP contribution in [0.3, 0.4) is 0 Å². The standard InChI is InChI=1S/C17H17FN6O5S/c18-13-4-11(24-5-12(6-25)29-17(24)28)1-2-14(13)19-8-21-23-15(27)3-10-7-30-16(22-10)20-9-26/h1-2,4,7-9,12,25H,3,5-6H2,(H,19,21)(H,23,27)(H,20,22,26)/t12-/m1/s1. The molecule has 158 valence electrons. The van der Waals surface area contributed by atoms with Gasteiger partial charge in [-0.3, -0.25) is 25.3 Å². The minimum absolute atomic E-state index is 0.0177. The van der Waals surface area contributed by atoms with Gasteiger partial charge in [-0.15, -0.1) is 11.3 Å². The average Bonchev–Trinajstić information content (AvgIpc) is 3.32. The number of hydrogen-bond donors (Lipinski definition) is 4. The van der Waals surface area contributed by atoms with Crippen molar-refractivity contribution in [2.75, 3.05) is 23.4 Å². The Balaban J connectivity index is 1.50. The summed E-state index contributed by atoms with van der Waals surface area (Å²) in [5.41, 5.74) is 5.53. The third kappa shape index (κ3) is 5.27. The van der Waals surface area contributed by atoms with Crippen molar-refractivity contribution in [2.24, 2.45) is 4.99 Å². The van der Waals surface area contributed by atoms with Crippen LogP contribution < -0.4 is 21.1 Å². The molecular formula is C17H17FN6O5S. The van der Waals surface area contributed by atoms with Crippen molar-refractivity contribution < 1.29 is 28.6 Å². The molecule has 1 aliphatic heterocycles. The molecule has 3 amide bonds. The molecule has 1 aliphatic rings. The van der Waals surface area contributed by atoms with E-state index in [1.165, 1.54) is 28.4 Å². The Morgan fingerprint density at radius 2 is 2.33 bits per heavy atom. The van der Waals surface area contributed by atoms with Crippen molar-refractivity contribution in [3.63, 3.8) is 0 Å². The minimum Gasteiger partial charge on any atom is -0.441 e. The molecule has 13 heteroatoms. The van der Waals surface area contributed by atoms with Gasteiger partial charge in [0.2, 0.25) is 12.3 Å². The summed E-state index contributed by atoms with van der Waals surface area (Å²) in [6, 6.07) is 3.98. The largest absolute Gasteiger partial charge is 0.441 e. The van der Waals surface area contributed by atoms with E-state index < -0.39 is 23.9 Å². The summed E-state index contributed by atoms with van der Waals surface area (Å²) in [7, 11) is 0. The lowest BCUT2D eigenvalue weighted by Gasteiger charge is -2.13. The van der Waals surface area contributed by atoms with Gasteiger partial charge in [-0.05, 0) is 18.2 Å². The summed E-state index contributed by atoms with van der Waals surface area (Å²) in [6.07, 6.45) is 0.255. The summed E-state index contributed by atoms with van der Waals surface area (Å²) in [5, 5.41) is 13.5. The third-order valence-electron chi connectivity index (χ3n) is 3.88. The highest BCUT2D eigenvalue weighted by Crippen LogP contribution is 2.27. The number of aliphatic hydroxyl groups excluding tert-OH is 1. The number of nitrogens with one attached hydrogen (secondary N) is 3. The molecule has 0 radical (unpaired) electrons. The number of carbonyl (C=O) groups excluding carboxylic acids is 3. The topological polar surface area (TPSA) is 145 Å². The van der Waals surface area contributed by atoms with Crippen LogP contribution in [0.15, 0.2) is 28.6 Å². The highest BCUT2D eigenvalue weighted by atomic mass is 32.1. The van der Waals surface area contributed by atoms with Crippen molar-refractivity contribution in [1.29, 1.82) is 0 Å². The first-order valence-corrected chi connectivity index (χ1v) is 9.48. The van der Waals surface area contributed by atoms with E-state index in [-0.39, 0.29) is 30.9 Å². The van der Waals surface area contributed by atoms with Gasteiger partial charge in [-0.25, -0.2) is 19.2 Å². The summed E-state index contributed by atoms with van der Waals surface area (Å²) in [5.74, 6) is -1.10. The third-order valence-corrected chi connectivity index (χ3v) is 4.70. The highest BCUT2D eigenvalue weighted by Gasteiger charge is 2.32. The molecule has 0 spiro atoms. The Bertz CT molecular complexity index is 968. The van der Waals surface area contributed by atoms with Gasteiger partial charge in [0.25, 0.3) is 0 Å². The van der Waals surface area contributed by atoms with Gasteiger partial charge in [0.15, 0.2) is 10.9 Å². The molecule has 0 saturated carbocycles. The number of rotatable bonds is 9. The van der Waals surface area contributed by atoms with Gasteiger partial charge in [0.1, 0.15) is 18.1 Å². The molecule has 1 aromatic carbocycles. The zero-order valence-corrected chi connectivity index (χ0v) is 16.2. The van der Waals surface area contributed by atoms with Crippen molar-refractivity contribution >= 4 is 52.6 Å². The quantitative estimate of drug-likeness (QED) is 0.196. The van der Waals surface area contributed by atoms with Gasteiger partial charge < -0.3 is 15.2 Å². The SMILES string of the molecule is O=CNc1nc(CC(=O)NNC=Nc2ccc(N3C[C@H](CO)OC3=O)cc2F)cs1. The molecule has 2 aromatic rings. The number of amides is 3. The number of anilines is 2. The minimum atomic E-state index is -0.685. The predicted octanol–water partition coefficient (Wildman–Crippen LogP) is 0.691. The maximum Gasteiger partial charge on any atom is 0.414 e. The number of nitrogens with zero attached hydrogens (tertiary/aromatic N) is 3. The maximum absolute atomic E-state index is 14.3. The van der Waals surface area contributed by atoms with E-state index in [9.17, 15) is 18.8 Å². The molecule has 1 aromatic heterocycles. The second-order valence-electron chi connectivity index (χ2n) is 5.97. The first-order valence-electron chi connectivity index (χ1n) is 8.60. The first-order chi connectivity index (χ1) is 14.5. The van der Waals surface area contributed by atoms with Crippen molar-refractivity contribution in [1.82, 2.24) is 15.8 Å². The van der Waals surface area contributed by atoms with Crippen LogP contribution in [-0.2, 0) is 20.7 Å². The normalized spacial score (nSPS) is 15.9. The molecule has 1 saturated heterocycles. The Hall–Kier alpha value is -3.58. The number of aliphatic hydroxyl groups is 1. The number of hydrazine groups is 1. The van der Waals surface area contributed by atoms with E-state index in [1.54, 1.807) is 5.38 Å². The second-order valence-corrected chi connectivity index (χ2v) is 6.83. The number of ether oxygens (including phenoxy) is 1. The van der Waals surface area contributed by atoms with Crippen LogP contribution in [0.1, 0.15) is 5.69 Å². The lowest BCUT2D eigenvalue weighted by Crippen LogP contribution is -2.37. The summed E-state index contributed by atoms with van der Waals surface area (Å²) < 4.78 is 19.2. The molecule has 11 nitrogen and oxygen atoms in total. The fourth-order valence-corrected chi connectivity index (χ4v) is 3.19. The smallest absolute Gasteiger partial charge is 0.414 e. The number of hydrogen-bond acceptors (Lipinski definition) is 8. The number of aliphatic imine (C=N–C) groups is 1. The lowest BCUT2D eigenvalue weighted by atomic mass is 10.2. The molecule has 4 N–H and O–H groups in total. The maximum atomic E-state index is 14.3. The zero-order chi connectivity index (χ0) is 21.5. The Morgan fingerprint density at radius 3 is 3.03 bits per heavy atom. The molecule has 0 bridgehead atoms. The summed E-state index contributed by atoms with van der Waals surface area (Å²) >= 11 is 1.19. The molecule has 2 heterocycles. The van der Waals surface area contributed by atoms with Crippen LogP contribution in [-0.4, -0.2) is 54.1 Å². The van der Waals surface area contributed by atoms with Gasteiger partial charge >= 0.3 is 6.09 Å². The highest BCUT2D eigenvalue weighted by molar-refractivity contribution is 7.13. The van der Waals surface area contributed by atoms with Crippen LogP contribution in [0.4, 0.5) is 25.7 Å². The molecular weight excluding hydrogens is 419 g/mol. The van der Waals surface area contributed by atoms with E-state index >= 15 is 0 Å². The number of thiazole rings is 1. The first kappa shape index (κ1) is 21.1. The van der Waals surface area contributed by atoms with Crippen molar-refractivity contribution in [2.45, 2.75) is 12.5 Å². The van der Waals surface area contributed by atoms with E-state index in [1.807, 2.05) is 0 Å². The van der Waals surface area contributed by atoms with E-state index in [2.05, 4.69) is 26.1 Å². The van der Waals surface area contributed by atoms with Gasteiger partial charge in [0.05, 0.1) is 31.0 Å². The van der Waals surface area contributed by atoms with E-state index in [4.69, 9.17) is 9.84 Å². The van der Waals surface area contributed by atoms with Gasteiger partial charge in [-0.2, -0.15) is 0 Å². The van der Waals surface area contributed by atoms with Gasteiger partial charge in [0, 0.05) is 5.38 Å². The number of cyclic esters (lactones) is 1. The lowest BCUT2D eigenvalue weighted by molar-refractivity contribution is -0.121. The summed E-state index contributed by atoms with van der Waals surface area (Å²) in [4.78, 5) is 43.0. The monoisotopic (exact) mass is 436 g/mol. The fourth-order valence-electron chi connectivity index (χ4n) is 2.52. The molecule has 3 rings (SSSR count). The Labute approximate surface area is 173 Å². The predicted molar refractivity (Wildman–Crippen MR) is 106 cm³/mol. The number of carbonyl (C=O) groups is 3. The van der Waals surface area contributed by atoms with E-state index in [0.29, 0.717) is 17.2 Å². The van der Waals surface area contributed by atoms with Crippen LogP contribution in [0.5, 0.6) is 0 Å². The summed E-state index contributed by atoms with van der Waals surface area (Å²) in [6.45, 7) is -0.194. The molecule has 1 fully saturated rings. The fraction of sp³-hybridized carbons (Fsp3) is 0.235. The second kappa shape index (κ2) is 9.76. The molecule has 0 unspecified atom stereocenters. The van der Waals surface area contributed by atoms with Crippen molar-refractivity contribution in [3.05, 3.63) is 35.1 Å². The molecule has 1 atom stereocenters. The van der Waals surface area contributed by atoms with Crippen LogP contribution in [0, 0.1) is 5.82 Å². The van der Waals surface area contributed by atoms with Crippen LogP contribution >= 0.6 is 11.3 Å². The van der Waals surface area contributed by atoms with Crippen molar-refractivity contribution in [3.8, 4) is 0 Å². The van der Waals surface area contributed by atoms with Crippen LogP contribution in [0.25, 0.3) is 0 Å². The van der Waals surface area contributed by atoms with Crippen LogP contribution in [0.2, 0.25) is 0 Å².